The number of hydrogen-bond acceptors (Lipinski definition) is 4. The Kier molecular flexibility index (Phi) is 5.64. The Hall–Kier alpha value is -0.610. The number of rotatable bonds is 6. The van der Waals surface area contributed by atoms with E-state index in [0.29, 0.717) is 24.8 Å². The van der Waals surface area contributed by atoms with E-state index in [1.165, 1.54) is 6.42 Å². The van der Waals surface area contributed by atoms with E-state index in [1.54, 1.807) is 0 Å². The Bertz CT molecular complexity index is 289. The van der Waals surface area contributed by atoms with Gasteiger partial charge in [-0.1, -0.05) is 6.42 Å². The van der Waals surface area contributed by atoms with Crippen molar-refractivity contribution in [2.24, 2.45) is 5.92 Å². The largest absolute Gasteiger partial charge is 0.466 e. The number of carbonyl (C=O) groups excluding carboxylic acids is 1. The van der Waals surface area contributed by atoms with Crippen molar-refractivity contribution in [2.75, 3.05) is 13.2 Å². The van der Waals surface area contributed by atoms with Crippen molar-refractivity contribution in [3.63, 3.8) is 0 Å². The first-order valence-corrected chi connectivity index (χ1v) is 7.77. The Labute approximate surface area is 116 Å². The van der Waals surface area contributed by atoms with Gasteiger partial charge in [0.05, 0.1) is 18.6 Å². The molecule has 0 heterocycles. The predicted molar refractivity (Wildman–Crippen MR) is 74.0 cm³/mol. The van der Waals surface area contributed by atoms with Crippen molar-refractivity contribution in [1.29, 1.82) is 0 Å². The molecule has 4 heteroatoms. The monoisotopic (exact) mass is 269 g/mol. The van der Waals surface area contributed by atoms with Gasteiger partial charge in [-0.3, -0.25) is 4.79 Å². The lowest BCUT2D eigenvalue weighted by molar-refractivity contribution is -0.149. The highest BCUT2D eigenvalue weighted by atomic mass is 16.5. The van der Waals surface area contributed by atoms with Crippen LogP contribution in [0.2, 0.25) is 0 Å². The normalized spacial score (nSPS) is 34.6. The zero-order valence-electron chi connectivity index (χ0n) is 12.2. The molecule has 1 N–H and O–H groups in total. The minimum atomic E-state index is -0.00481. The molecule has 2 aliphatic carbocycles. The number of nitrogens with one attached hydrogen (secondary N) is 1. The van der Waals surface area contributed by atoms with Crippen LogP contribution < -0.4 is 5.32 Å². The van der Waals surface area contributed by atoms with E-state index in [4.69, 9.17) is 9.47 Å². The fourth-order valence-electron chi connectivity index (χ4n) is 3.22. The van der Waals surface area contributed by atoms with Crippen molar-refractivity contribution in [2.45, 2.75) is 70.6 Å². The zero-order chi connectivity index (χ0) is 13.7. The first kappa shape index (κ1) is 14.8. The summed E-state index contributed by atoms with van der Waals surface area (Å²) >= 11 is 0. The quantitative estimate of drug-likeness (QED) is 0.751. The summed E-state index contributed by atoms with van der Waals surface area (Å²) in [7, 11) is 0. The van der Waals surface area contributed by atoms with Gasteiger partial charge >= 0.3 is 5.97 Å². The van der Waals surface area contributed by atoms with Gasteiger partial charge in [0.1, 0.15) is 0 Å². The van der Waals surface area contributed by atoms with Gasteiger partial charge in [-0.15, -0.1) is 0 Å². The summed E-state index contributed by atoms with van der Waals surface area (Å²) in [5.74, 6) is 0.101. The highest BCUT2D eigenvalue weighted by Crippen LogP contribution is 2.29. The van der Waals surface area contributed by atoms with Crippen LogP contribution in [0.15, 0.2) is 0 Å². The van der Waals surface area contributed by atoms with Gasteiger partial charge in [-0.2, -0.15) is 0 Å². The van der Waals surface area contributed by atoms with E-state index >= 15 is 0 Å². The number of ether oxygens (including phenoxy) is 2. The van der Waals surface area contributed by atoms with Crippen LogP contribution >= 0.6 is 0 Å². The Balaban J connectivity index is 1.69. The van der Waals surface area contributed by atoms with Crippen LogP contribution in [0.3, 0.4) is 0 Å². The lowest BCUT2D eigenvalue weighted by Crippen LogP contribution is -2.51. The van der Waals surface area contributed by atoms with Gasteiger partial charge in [-0.05, 0) is 46.0 Å². The number of carbonyl (C=O) groups is 1. The number of esters is 1. The molecular formula is C15H27NO3. The fraction of sp³-hybridized carbons (Fsp3) is 0.933. The molecule has 2 unspecified atom stereocenters. The molecule has 4 nitrogen and oxygen atoms in total. The summed E-state index contributed by atoms with van der Waals surface area (Å²) in [6.07, 6.45) is 6.93. The summed E-state index contributed by atoms with van der Waals surface area (Å²) < 4.78 is 10.7. The highest BCUT2D eigenvalue weighted by Gasteiger charge is 2.34. The summed E-state index contributed by atoms with van der Waals surface area (Å²) in [6.45, 7) is 5.22. The van der Waals surface area contributed by atoms with Gasteiger partial charge < -0.3 is 14.8 Å². The molecule has 0 radical (unpaired) electrons. The smallest absolute Gasteiger partial charge is 0.308 e. The third-order valence-corrected chi connectivity index (χ3v) is 4.26. The lowest BCUT2D eigenvalue weighted by atomic mass is 9.83. The average molecular weight is 269 g/mol. The molecule has 2 fully saturated rings. The standard InChI is InChI=1S/C15H27NO3/c1-3-18-14-9-13(10-14)16-12-7-5-6-11(8-12)15(17)19-4-2/h11-14,16H,3-10H2,1-2H3. The summed E-state index contributed by atoms with van der Waals surface area (Å²) in [4.78, 5) is 11.8. The molecule has 110 valence electrons. The van der Waals surface area contributed by atoms with E-state index in [1.807, 2.05) is 13.8 Å². The molecule has 0 aromatic rings. The molecule has 0 saturated heterocycles. The molecule has 2 rings (SSSR count). The molecule has 19 heavy (non-hydrogen) atoms. The van der Waals surface area contributed by atoms with Crippen LogP contribution in [-0.4, -0.2) is 37.4 Å². The molecule has 2 atom stereocenters. The summed E-state index contributed by atoms with van der Waals surface area (Å²) in [5.41, 5.74) is 0. The summed E-state index contributed by atoms with van der Waals surface area (Å²) in [5, 5.41) is 3.68. The van der Waals surface area contributed by atoms with Crippen molar-refractivity contribution in [1.82, 2.24) is 5.32 Å². The maximum atomic E-state index is 11.8. The minimum absolute atomic E-state index is 0.00481. The van der Waals surface area contributed by atoms with Gasteiger partial charge in [0.25, 0.3) is 0 Å². The van der Waals surface area contributed by atoms with E-state index < -0.39 is 0 Å². The second kappa shape index (κ2) is 7.25. The third-order valence-electron chi connectivity index (χ3n) is 4.26. The van der Waals surface area contributed by atoms with Crippen LogP contribution in [0.25, 0.3) is 0 Å². The van der Waals surface area contributed by atoms with Crippen LogP contribution in [0, 0.1) is 5.92 Å². The lowest BCUT2D eigenvalue weighted by Gasteiger charge is -2.39. The molecule has 0 aromatic carbocycles. The average Bonchev–Trinajstić information content (AvgIpc) is 2.37. The van der Waals surface area contributed by atoms with Gasteiger partial charge in [0.2, 0.25) is 0 Å². The molecule has 0 spiro atoms. The topological polar surface area (TPSA) is 47.6 Å². The minimum Gasteiger partial charge on any atom is -0.466 e. The highest BCUT2D eigenvalue weighted by molar-refractivity contribution is 5.72. The van der Waals surface area contributed by atoms with Crippen molar-refractivity contribution in [3.05, 3.63) is 0 Å². The van der Waals surface area contributed by atoms with Crippen LogP contribution in [0.1, 0.15) is 52.4 Å². The van der Waals surface area contributed by atoms with E-state index in [0.717, 1.165) is 38.7 Å². The van der Waals surface area contributed by atoms with Crippen molar-refractivity contribution >= 4 is 5.97 Å². The van der Waals surface area contributed by atoms with Gasteiger partial charge in [-0.25, -0.2) is 0 Å². The maximum absolute atomic E-state index is 11.8. The zero-order valence-corrected chi connectivity index (χ0v) is 12.2. The first-order chi connectivity index (χ1) is 9.22. The van der Waals surface area contributed by atoms with Crippen LogP contribution in [0.4, 0.5) is 0 Å². The molecule has 0 aromatic heterocycles. The van der Waals surface area contributed by atoms with Crippen molar-refractivity contribution in [3.8, 4) is 0 Å². The molecular weight excluding hydrogens is 242 g/mol. The fourth-order valence-corrected chi connectivity index (χ4v) is 3.22. The molecule has 2 saturated carbocycles. The SMILES string of the molecule is CCOC(=O)C1CCCC(NC2CC(OCC)C2)C1. The Morgan fingerprint density at radius 1 is 1.11 bits per heavy atom. The second-order valence-electron chi connectivity index (χ2n) is 5.72. The molecule has 2 aliphatic rings. The number of hydrogen-bond donors (Lipinski definition) is 1. The summed E-state index contributed by atoms with van der Waals surface area (Å²) in [6, 6.07) is 1.07. The Morgan fingerprint density at radius 2 is 1.89 bits per heavy atom. The molecule has 0 bridgehead atoms. The van der Waals surface area contributed by atoms with E-state index in [-0.39, 0.29) is 11.9 Å². The molecule has 0 aliphatic heterocycles. The maximum Gasteiger partial charge on any atom is 0.308 e. The van der Waals surface area contributed by atoms with Crippen molar-refractivity contribution < 1.29 is 14.3 Å². The van der Waals surface area contributed by atoms with E-state index in [2.05, 4.69) is 5.32 Å². The Morgan fingerprint density at radius 3 is 2.58 bits per heavy atom. The third kappa shape index (κ3) is 4.18. The first-order valence-electron chi connectivity index (χ1n) is 7.77. The second-order valence-corrected chi connectivity index (χ2v) is 5.72. The van der Waals surface area contributed by atoms with E-state index in [9.17, 15) is 4.79 Å². The van der Waals surface area contributed by atoms with Gasteiger partial charge in [0.15, 0.2) is 0 Å². The molecule has 0 amide bonds. The van der Waals surface area contributed by atoms with Crippen LogP contribution in [0.5, 0.6) is 0 Å². The van der Waals surface area contributed by atoms with Crippen LogP contribution in [-0.2, 0) is 14.3 Å². The van der Waals surface area contributed by atoms with Gasteiger partial charge in [0, 0.05) is 18.7 Å². The predicted octanol–water partition coefficient (Wildman–Crippen LogP) is 2.27.